The highest BCUT2D eigenvalue weighted by atomic mass is 32.1. The van der Waals surface area contributed by atoms with Gasteiger partial charge in [0, 0.05) is 4.88 Å². The molecule has 1 aromatic rings. The van der Waals surface area contributed by atoms with Crippen molar-refractivity contribution in [1.29, 1.82) is 0 Å². The second kappa shape index (κ2) is 4.07. The van der Waals surface area contributed by atoms with Crippen LogP contribution in [0.4, 0.5) is 0 Å². The van der Waals surface area contributed by atoms with E-state index in [4.69, 9.17) is 5.11 Å². The lowest BCUT2D eigenvalue weighted by Crippen LogP contribution is -2.08. The topological polar surface area (TPSA) is 37.3 Å². The van der Waals surface area contributed by atoms with Crippen molar-refractivity contribution in [3.05, 3.63) is 35.0 Å². The lowest BCUT2D eigenvalue weighted by molar-refractivity contribution is -0.138. The Labute approximate surface area is 75.2 Å². The van der Waals surface area contributed by atoms with Crippen LogP contribution in [0.5, 0.6) is 0 Å². The molecule has 1 heterocycles. The third-order valence-corrected chi connectivity index (χ3v) is 2.57. The minimum absolute atomic E-state index is 0.414. The first-order valence-corrected chi connectivity index (χ1v) is 4.50. The van der Waals surface area contributed by atoms with Crippen molar-refractivity contribution in [2.24, 2.45) is 0 Å². The van der Waals surface area contributed by atoms with Crippen LogP contribution in [0.1, 0.15) is 17.2 Å². The zero-order valence-corrected chi connectivity index (χ0v) is 7.38. The van der Waals surface area contributed by atoms with Crippen LogP contribution in [-0.4, -0.2) is 11.1 Å². The van der Waals surface area contributed by atoms with Crippen molar-refractivity contribution in [2.45, 2.75) is 12.3 Å². The van der Waals surface area contributed by atoms with E-state index < -0.39 is 11.9 Å². The van der Waals surface area contributed by atoms with Gasteiger partial charge in [-0.15, -0.1) is 17.9 Å². The molecule has 0 saturated carbocycles. The van der Waals surface area contributed by atoms with Gasteiger partial charge in [0.05, 0.1) is 5.92 Å². The van der Waals surface area contributed by atoms with E-state index in [2.05, 4.69) is 6.58 Å². The van der Waals surface area contributed by atoms with Crippen molar-refractivity contribution >= 4 is 17.3 Å². The molecule has 0 bridgehead atoms. The summed E-state index contributed by atoms with van der Waals surface area (Å²) in [5.41, 5.74) is 0. The molecule has 0 fully saturated rings. The molecule has 3 heteroatoms. The lowest BCUT2D eigenvalue weighted by atomic mass is 10.0. The second-order valence-electron chi connectivity index (χ2n) is 2.43. The largest absolute Gasteiger partial charge is 0.481 e. The zero-order valence-electron chi connectivity index (χ0n) is 6.56. The molecule has 1 N–H and O–H groups in total. The van der Waals surface area contributed by atoms with Crippen LogP contribution in [0.3, 0.4) is 0 Å². The number of aliphatic carboxylic acids is 1. The molecule has 0 aliphatic carbocycles. The Morgan fingerprint density at radius 2 is 2.58 bits per heavy atom. The lowest BCUT2D eigenvalue weighted by Gasteiger charge is -2.05. The SMILES string of the molecule is C=CCC(C(=O)O)c1cccs1. The summed E-state index contributed by atoms with van der Waals surface area (Å²) in [4.78, 5) is 11.6. The third kappa shape index (κ3) is 1.95. The van der Waals surface area contributed by atoms with Crippen LogP contribution in [0.2, 0.25) is 0 Å². The molecule has 12 heavy (non-hydrogen) atoms. The van der Waals surface area contributed by atoms with E-state index in [1.54, 1.807) is 6.08 Å². The third-order valence-electron chi connectivity index (χ3n) is 1.59. The molecule has 1 aromatic heterocycles. The molecule has 0 aliphatic rings. The Kier molecular flexibility index (Phi) is 3.05. The van der Waals surface area contributed by atoms with Gasteiger partial charge in [0.25, 0.3) is 0 Å². The Balaban J connectivity index is 2.80. The highest BCUT2D eigenvalue weighted by molar-refractivity contribution is 7.10. The predicted octanol–water partition coefficient (Wildman–Crippen LogP) is 2.49. The average molecular weight is 182 g/mol. The van der Waals surface area contributed by atoms with Crippen molar-refractivity contribution in [1.82, 2.24) is 0 Å². The molecule has 2 nitrogen and oxygen atoms in total. The van der Waals surface area contributed by atoms with E-state index in [0.29, 0.717) is 6.42 Å². The predicted molar refractivity (Wildman–Crippen MR) is 49.5 cm³/mol. The van der Waals surface area contributed by atoms with Crippen molar-refractivity contribution in [3.63, 3.8) is 0 Å². The fourth-order valence-electron chi connectivity index (χ4n) is 0.995. The standard InChI is InChI=1S/C9H10O2S/c1-2-4-7(9(10)11)8-5-3-6-12-8/h2-3,5-7H,1,4H2,(H,10,11). The second-order valence-corrected chi connectivity index (χ2v) is 3.41. The summed E-state index contributed by atoms with van der Waals surface area (Å²) >= 11 is 1.47. The van der Waals surface area contributed by atoms with Crippen molar-refractivity contribution in [3.8, 4) is 0 Å². The summed E-state index contributed by atoms with van der Waals surface area (Å²) in [6.07, 6.45) is 2.13. The van der Waals surface area contributed by atoms with Gasteiger partial charge in [0.1, 0.15) is 0 Å². The Hall–Kier alpha value is -1.09. The molecule has 0 radical (unpaired) electrons. The normalized spacial score (nSPS) is 12.3. The summed E-state index contributed by atoms with van der Waals surface area (Å²) in [7, 11) is 0. The quantitative estimate of drug-likeness (QED) is 0.726. The summed E-state index contributed by atoms with van der Waals surface area (Å²) in [5.74, 6) is -1.19. The molecular formula is C9H10O2S. The summed E-state index contributed by atoms with van der Waals surface area (Å²) in [6.45, 7) is 3.53. The summed E-state index contributed by atoms with van der Waals surface area (Å²) in [6, 6.07) is 3.70. The van der Waals surface area contributed by atoms with Crippen molar-refractivity contribution < 1.29 is 9.90 Å². The summed E-state index contributed by atoms with van der Waals surface area (Å²) in [5, 5.41) is 10.7. The minimum Gasteiger partial charge on any atom is -0.481 e. The van der Waals surface area contributed by atoms with Crippen LogP contribution in [0.15, 0.2) is 30.2 Å². The molecule has 64 valence electrons. The van der Waals surface area contributed by atoms with Gasteiger partial charge in [-0.05, 0) is 17.9 Å². The van der Waals surface area contributed by atoms with E-state index in [1.807, 2.05) is 17.5 Å². The first-order valence-electron chi connectivity index (χ1n) is 3.62. The van der Waals surface area contributed by atoms with Crippen molar-refractivity contribution in [2.75, 3.05) is 0 Å². The smallest absolute Gasteiger partial charge is 0.312 e. The average Bonchev–Trinajstić information content (AvgIpc) is 2.51. The maximum absolute atomic E-state index is 10.7. The van der Waals surface area contributed by atoms with Gasteiger partial charge >= 0.3 is 5.97 Å². The zero-order chi connectivity index (χ0) is 8.97. The van der Waals surface area contributed by atoms with Gasteiger partial charge in [0.15, 0.2) is 0 Å². The van der Waals surface area contributed by atoms with E-state index >= 15 is 0 Å². The van der Waals surface area contributed by atoms with E-state index in [1.165, 1.54) is 11.3 Å². The molecule has 0 aromatic carbocycles. The molecule has 0 saturated heterocycles. The van der Waals surface area contributed by atoms with Gasteiger partial charge in [0.2, 0.25) is 0 Å². The highest BCUT2D eigenvalue weighted by Gasteiger charge is 2.18. The van der Waals surface area contributed by atoms with E-state index in [9.17, 15) is 4.79 Å². The maximum Gasteiger partial charge on any atom is 0.312 e. The molecular weight excluding hydrogens is 172 g/mol. The van der Waals surface area contributed by atoms with Gasteiger partial charge < -0.3 is 5.11 Å². The van der Waals surface area contributed by atoms with Gasteiger partial charge in [-0.25, -0.2) is 0 Å². The number of rotatable bonds is 4. The fraction of sp³-hybridized carbons (Fsp3) is 0.222. The van der Waals surface area contributed by atoms with Gasteiger partial charge in [-0.3, -0.25) is 4.79 Å². The maximum atomic E-state index is 10.7. The summed E-state index contributed by atoms with van der Waals surface area (Å²) < 4.78 is 0. The number of carboxylic acid groups (broad SMARTS) is 1. The van der Waals surface area contributed by atoms with Crippen LogP contribution < -0.4 is 0 Å². The Morgan fingerprint density at radius 3 is 3.00 bits per heavy atom. The molecule has 0 spiro atoms. The monoisotopic (exact) mass is 182 g/mol. The Morgan fingerprint density at radius 1 is 1.83 bits per heavy atom. The van der Waals surface area contributed by atoms with Gasteiger partial charge in [-0.2, -0.15) is 0 Å². The molecule has 1 atom stereocenters. The Bertz CT molecular complexity index is 264. The molecule has 1 unspecified atom stereocenters. The van der Waals surface area contributed by atoms with Crippen LogP contribution in [0, 0.1) is 0 Å². The number of allylic oxidation sites excluding steroid dienone is 1. The number of carbonyl (C=O) groups is 1. The highest BCUT2D eigenvalue weighted by Crippen LogP contribution is 2.24. The number of hydrogen-bond donors (Lipinski definition) is 1. The van der Waals surface area contributed by atoms with Crippen LogP contribution in [-0.2, 0) is 4.79 Å². The molecule has 0 aliphatic heterocycles. The van der Waals surface area contributed by atoms with Crippen LogP contribution >= 0.6 is 11.3 Å². The van der Waals surface area contributed by atoms with E-state index in [-0.39, 0.29) is 0 Å². The van der Waals surface area contributed by atoms with E-state index in [0.717, 1.165) is 4.88 Å². The number of carboxylic acids is 1. The fourth-order valence-corrected chi connectivity index (χ4v) is 1.83. The number of hydrogen-bond acceptors (Lipinski definition) is 2. The van der Waals surface area contributed by atoms with Gasteiger partial charge in [-0.1, -0.05) is 12.1 Å². The van der Waals surface area contributed by atoms with Crippen LogP contribution in [0.25, 0.3) is 0 Å². The number of thiophene rings is 1. The first kappa shape index (κ1) is 9.00. The first-order chi connectivity index (χ1) is 5.75. The molecule has 1 rings (SSSR count). The minimum atomic E-state index is -0.780. The molecule has 0 amide bonds.